The second kappa shape index (κ2) is 13.0. The Morgan fingerprint density at radius 3 is 0.711 bits per heavy atom. The van der Waals surface area contributed by atoms with E-state index in [-0.39, 0.29) is 38.9 Å². The summed E-state index contributed by atoms with van der Waals surface area (Å²) in [6, 6.07) is 48.3. The fraction of sp³-hybridized carbons (Fsp3) is 0.289. The maximum absolute atomic E-state index is 2.76. The predicted molar refractivity (Wildman–Crippen MR) is 332 cm³/mol. The zero-order valence-corrected chi connectivity index (χ0v) is 47.1. The van der Waals surface area contributed by atoms with Crippen LogP contribution in [0.15, 0.2) is 115 Å². The molecule has 0 aliphatic heterocycles. The van der Waals surface area contributed by atoms with Crippen molar-refractivity contribution in [3.63, 3.8) is 0 Å². The molecule has 0 spiro atoms. The maximum Gasteiger partial charge on any atom is 0.0355 e. The van der Waals surface area contributed by atoms with E-state index in [4.69, 9.17) is 0 Å². The monoisotopic (exact) mass is 979 g/mol. The minimum atomic E-state index is -0.0963. The molecule has 0 N–H and O–H groups in total. The third kappa shape index (κ3) is 5.02. The highest BCUT2D eigenvalue weighted by molar-refractivity contribution is 6.61. The first-order valence-electron chi connectivity index (χ1n) is 28.5. The Morgan fingerprint density at radius 2 is 0.434 bits per heavy atom. The fourth-order valence-electron chi connectivity index (χ4n) is 16.2. The Bertz CT molecular complexity index is 4960. The van der Waals surface area contributed by atoms with Crippen LogP contribution in [-0.4, -0.2) is 0 Å². The topological polar surface area (TPSA) is 0 Å². The summed E-state index contributed by atoms with van der Waals surface area (Å²) in [5.74, 6) is 0.269. The predicted octanol–water partition coefficient (Wildman–Crippen LogP) is 21.6. The molecule has 0 radical (unpaired) electrons. The second-order valence-electron chi connectivity index (χ2n) is 29.5. The van der Waals surface area contributed by atoms with Gasteiger partial charge in [-0.2, -0.15) is 0 Å². The summed E-state index contributed by atoms with van der Waals surface area (Å²) in [6.45, 7) is 36.4. The van der Waals surface area contributed by atoms with E-state index in [2.05, 4.69) is 219 Å². The summed E-state index contributed by atoms with van der Waals surface area (Å²) in [5, 5.41) is 34.7. The first kappa shape index (κ1) is 44.1. The summed E-state index contributed by atoms with van der Waals surface area (Å²) in [6.07, 6.45) is 0. The van der Waals surface area contributed by atoms with Crippen molar-refractivity contribution in [2.45, 2.75) is 143 Å². The van der Waals surface area contributed by atoms with E-state index in [0.717, 1.165) is 0 Å². The maximum atomic E-state index is 2.76. The average Bonchev–Trinajstić information content (AvgIpc) is 2.49. The molecular weight excluding hydrogens is 913 g/mol. The number of rotatable bonds is 0. The quantitative estimate of drug-likeness (QED) is 0.105. The van der Waals surface area contributed by atoms with E-state index in [1.54, 1.807) is 5.56 Å². The molecule has 0 amide bonds. The normalized spacial score (nSPS) is 16.9. The Morgan fingerprint density at radius 1 is 0.211 bits per heavy atom. The van der Waals surface area contributed by atoms with Gasteiger partial charge in [-0.1, -0.05) is 152 Å². The van der Waals surface area contributed by atoms with Crippen LogP contribution >= 0.6 is 0 Å². The smallest absolute Gasteiger partial charge is 0.0355 e. The van der Waals surface area contributed by atoms with Gasteiger partial charge >= 0.3 is 0 Å². The zero-order valence-electron chi connectivity index (χ0n) is 47.1. The molecule has 3 aliphatic carbocycles. The molecule has 0 atom stereocenters. The van der Waals surface area contributed by atoms with Gasteiger partial charge in [0.2, 0.25) is 0 Å². The number of fused-ring (bicyclic) bond motifs is 6. The van der Waals surface area contributed by atoms with Gasteiger partial charge in [-0.05, 0) is 284 Å². The van der Waals surface area contributed by atoms with Gasteiger partial charge in [0.05, 0.1) is 0 Å². The standard InChI is InChI=1S/C76H66/c1-72(2,3)35-24-44-46-26-36(73(4,5)6)27-48-49-29-38(75(10,11)12)31-52-53-34-55-56-40-20-16-18-22-42(40)57(43-23-19-17-21-41(43)56)64(55)65-54-33-39(76(13,14)15)32-51-50-30-37(74(7,8)9)28-47-45(25-35)58(44)66-67(59(46)48)69(61(49)52)71(63(53)65)70(62(51)54)68(66)60(47)50/h16-34,56-57H,1-15H3. The van der Waals surface area contributed by atoms with Gasteiger partial charge in [0.1, 0.15) is 0 Å². The minimum absolute atomic E-state index is 0.0662. The van der Waals surface area contributed by atoms with Crippen LogP contribution in [0.1, 0.15) is 177 Å². The average molecular weight is 979 g/mol. The van der Waals surface area contributed by atoms with Crippen LogP contribution < -0.4 is 0 Å². The third-order valence-corrected chi connectivity index (χ3v) is 20.0. The van der Waals surface area contributed by atoms with Gasteiger partial charge in [0, 0.05) is 11.8 Å². The Labute approximate surface area is 446 Å². The van der Waals surface area contributed by atoms with Gasteiger partial charge in [-0.3, -0.25) is 0 Å². The van der Waals surface area contributed by atoms with Crippen LogP contribution in [0.5, 0.6) is 0 Å². The second-order valence-corrected chi connectivity index (χ2v) is 29.5. The lowest BCUT2D eigenvalue weighted by Gasteiger charge is -2.43. The largest absolute Gasteiger partial charge is 0.0619 e. The Hall–Kier alpha value is -7.02. The molecule has 0 fully saturated rings. The first-order chi connectivity index (χ1) is 35.9. The van der Waals surface area contributed by atoms with Crippen molar-refractivity contribution < 1.29 is 0 Å². The van der Waals surface area contributed by atoms with Crippen LogP contribution in [0, 0.1) is 0 Å². The molecule has 76 heavy (non-hydrogen) atoms. The lowest BCUT2D eigenvalue weighted by molar-refractivity contribution is 0.591. The van der Waals surface area contributed by atoms with Crippen molar-refractivity contribution in [1.29, 1.82) is 0 Å². The molecule has 0 saturated carbocycles. The highest BCUT2D eigenvalue weighted by atomic mass is 14.5. The molecule has 0 heterocycles. The lowest BCUT2D eigenvalue weighted by Crippen LogP contribution is -2.27. The number of hydrogen-bond donors (Lipinski definition) is 0. The summed E-state index contributed by atoms with van der Waals surface area (Å²) < 4.78 is 0. The van der Waals surface area contributed by atoms with Crippen molar-refractivity contribution in [2.24, 2.45) is 0 Å². The molecular formula is C76H66. The van der Waals surface area contributed by atoms with Crippen LogP contribution in [0.25, 0.3) is 129 Å². The molecule has 18 rings (SSSR count). The van der Waals surface area contributed by atoms with Crippen molar-refractivity contribution in [1.82, 2.24) is 0 Å². The highest BCUT2D eigenvalue weighted by Crippen LogP contribution is 2.65. The molecule has 3 aliphatic rings. The van der Waals surface area contributed by atoms with Gasteiger partial charge in [0.25, 0.3) is 0 Å². The molecule has 0 unspecified atom stereocenters. The Kier molecular flexibility index (Phi) is 7.57. The van der Waals surface area contributed by atoms with Crippen molar-refractivity contribution >= 4 is 129 Å². The van der Waals surface area contributed by atoms with E-state index < -0.39 is 0 Å². The summed E-state index contributed by atoms with van der Waals surface area (Å²) in [5.41, 5.74) is 15.6. The van der Waals surface area contributed by atoms with Crippen LogP contribution in [-0.2, 0) is 27.1 Å². The molecule has 370 valence electrons. The van der Waals surface area contributed by atoms with Crippen LogP contribution in [0.2, 0.25) is 0 Å². The molecule has 15 aromatic carbocycles. The van der Waals surface area contributed by atoms with Crippen molar-refractivity contribution in [3.8, 4) is 0 Å². The molecule has 0 saturated heterocycles. The van der Waals surface area contributed by atoms with Crippen molar-refractivity contribution in [2.75, 3.05) is 0 Å². The highest BCUT2D eigenvalue weighted by Gasteiger charge is 2.44. The van der Waals surface area contributed by atoms with Crippen LogP contribution in [0.3, 0.4) is 0 Å². The number of benzene rings is 15. The van der Waals surface area contributed by atoms with Gasteiger partial charge in [-0.25, -0.2) is 0 Å². The van der Waals surface area contributed by atoms with Gasteiger partial charge in [0.15, 0.2) is 0 Å². The minimum Gasteiger partial charge on any atom is -0.0619 e. The summed E-state index contributed by atoms with van der Waals surface area (Å²) >= 11 is 0. The Balaban J connectivity index is 1.28. The SMILES string of the molecule is CC(C)(C)c1cc2c3cc(C(C)(C)C)cc4c5cc(C(C)(C)C)cc6c7cc8c(c9c%10cc(C(C)(C)C)cc%11c%12cc(C(C)(C)C)cc%13c(c1)c2c1c(c34)c(c56)c(c79)c(c%11%10)c1c%13%12)C1c2ccccc2C8c2ccccc21. The molecule has 0 nitrogen and oxygen atoms in total. The first-order valence-corrected chi connectivity index (χ1v) is 28.5. The molecule has 15 aromatic rings. The zero-order chi connectivity index (χ0) is 52.3. The van der Waals surface area contributed by atoms with E-state index in [1.807, 2.05) is 0 Å². The summed E-state index contributed by atoms with van der Waals surface area (Å²) in [4.78, 5) is 0. The molecule has 0 aromatic heterocycles. The molecule has 0 heteroatoms. The number of hydrogen-bond acceptors (Lipinski definition) is 0. The van der Waals surface area contributed by atoms with Gasteiger partial charge < -0.3 is 0 Å². The molecule has 2 bridgehead atoms. The van der Waals surface area contributed by atoms with E-state index in [9.17, 15) is 0 Å². The lowest BCUT2D eigenvalue weighted by atomic mass is 9.59. The summed E-state index contributed by atoms with van der Waals surface area (Å²) in [7, 11) is 0. The fourth-order valence-corrected chi connectivity index (χ4v) is 16.2. The van der Waals surface area contributed by atoms with E-state index >= 15 is 0 Å². The van der Waals surface area contributed by atoms with Crippen LogP contribution in [0.4, 0.5) is 0 Å². The van der Waals surface area contributed by atoms with Crippen molar-refractivity contribution in [3.05, 3.63) is 176 Å². The van der Waals surface area contributed by atoms with Gasteiger partial charge in [-0.15, -0.1) is 0 Å². The van der Waals surface area contributed by atoms with E-state index in [1.165, 1.54) is 185 Å². The third-order valence-electron chi connectivity index (χ3n) is 20.0. The van der Waals surface area contributed by atoms with E-state index in [0.29, 0.717) is 0 Å².